The minimum atomic E-state index is -0.969. The monoisotopic (exact) mass is 355 g/mol. The summed E-state index contributed by atoms with van der Waals surface area (Å²) < 4.78 is 29.8. The average Bonchev–Trinajstić information content (AvgIpc) is 3.26. The van der Waals surface area contributed by atoms with E-state index in [1.807, 2.05) is 19.1 Å². The average molecular weight is 355 g/mol. The number of imidazole rings is 1. The minimum Gasteiger partial charge on any atom is -0.310 e. The summed E-state index contributed by atoms with van der Waals surface area (Å²) in [7, 11) is 0. The third-order valence-electron chi connectivity index (χ3n) is 4.96. The van der Waals surface area contributed by atoms with Crippen LogP contribution < -0.4 is 5.32 Å². The molecule has 1 amide bonds. The molecule has 0 atom stereocenters. The Labute approximate surface area is 149 Å². The van der Waals surface area contributed by atoms with Gasteiger partial charge in [-0.25, -0.2) is 13.8 Å². The second-order valence-electron chi connectivity index (χ2n) is 6.81. The van der Waals surface area contributed by atoms with Crippen molar-refractivity contribution in [3.8, 4) is 11.3 Å². The third kappa shape index (κ3) is 2.85. The van der Waals surface area contributed by atoms with E-state index in [4.69, 9.17) is 0 Å². The van der Waals surface area contributed by atoms with E-state index in [0.29, 0.717) is 11.5 Å². The van der Waals surface area contributed by atoms with Crippen LogP contribution in [0.15, 0.2) is 36.5 Å². The van der Waals surface area contributed by atoms with Crippen LogP contribution in [0.1, 0.15) is 31.2 Å². The number of amides is 1. The van der Waals surface area contributed by atoms with Gasteiger partial charge in [-0.15, -0.1) is 0 Å². The summed E-state index contributed by atoms with van der Waals surface area (Å²) in [5.74, 6) is -1.67. The standard InChI is InChI=1S/C20H19F2N3O/c1-12-9-10-25-16(11-12)23-18(14-7-4-8-15(21)17(14)22)19(25)24-20(26)13-5-2-3-6-13/h4,7-11,13H,2-3,5-6H2,1H3,(H,24,26). The van der Waals surface area contributed by atoms with Crippen LogP contribution in [0.4, 0.5) is 14.6 Å². The van der Waals surface area contributed by atoms with Gasteiger partial charge >= 0.3 is 0 Å². The molecule has 3 aromatic rings. The topological polar surface area (TPSA) is 46.4 Å². The van der Waals surface area contributed by atoms with E-state index in [9.17, 15) is 13.6 Å². The first-order valence-electron chi connectivity index (χ1n) is 8.78. The molecule has 1 N–H and O–H groups in total. The van der Waals surface area contributed by atoms with Crippen molar-refractivity contribution in [1.82, 2.24) is 9.38 Å². The van der Waals surface area contributed by atoms with E-state index in [2.05, 4.69) is 10.3 Å². The predicted octanol–water partition coefficient (Wildman–Crippen LogP) is 4.72. The smallest absolute Gasteiger partial charge is 0.228 e. The van der Waals surface area contributed by atoms with Crippen LogP contribution >= 0.6 is 0 Å². The molecule has 0 unspecified atom stereocenters. The van der Waals surface area contributed by atoms with Gasteiger partial charge < -0.3 is 5.32 Å². The lowest BCUT2D eigenvalue weighted by Crippen LogP contribution is -2.21. The first kappa shape index (κ1) is 16.7. The lowest BCUT2D eigenvalue weighted by Gasteiger charge is -2.12. The zero-order valence-electron chi connectivity index (χ0n) is 14.4. The van der Waals surface area contributed by atoms with Gasteiger partial charge in [-0.2, -0.15) is 0 Å². The van der Waals surface area contributed by atoms with Crippen molar-refractivity contribution < 1.29 is 13.6 Å². The maximum absolute atomic E-state index is 14.4. The zero-order valence-corrected chi connectivity index (χ0v) is 14.4. The van der Waals surface area contributed by atoms with E-state index in [-0.39, 0.29) is 23.1 Å². The number of anilines is 1. The van der Waals surface area contributed by atoms with Crippen LogP contribution in [0.3, 0.4) is 0 Å². The first-order valence-corrected chi connectivity index (χ1v) is 8.78. The highest BCUT2D eigenvalue weighted by molar-refractivity contribution is 5.96. The number of benzene rings is 1. The molecule has 2 aromatic heterocycles. The predicted molar refractivity (Wildman–Crippen MR) is 95.9 cm³/mol. The molecule has 0 saturated heterocycles. The van der Waals surface area contributed by atoms with Crippen LogP contribution in [0.25, 0.3) is 16.9 Å². The fourth-order valence-electron chi connectivity index (χ4n) is 3.55. The number of carbonyl (C=O) groups is 1. The largest absolute Gasteiger partial charge is 0.310 e. The molecule has 26 heavy (non-hydrogen) atoms. The Hall–Kier alpha value is -2.76. The number of nitrogens with one attached hydrogen (secondary N) is 1. The number of hydrogen-bond donors (Lipinski definition) is 1. The maximum Gasteiger partial charge on any atom is 0.228 e. The van der Waals surface area contributed by atoms with Gasteiger partial charge in [-0.3, -0.25) is 9.20 Å². The summed E-state index contributed by atoms with van der Waals surface area (Å²) in [5.41, 5.74) is 1.83. The quantitative estimate of drug-likeness (QED) is 0.739. The van der Waals surface area contributed by atoms with Crippen LogP contribution in [0.5, 0.6) is 0 Å². The Kier molecular flexibility index (Phi) is 4.18. The van der Waals surface area contributed by atoms with Crippen LogP contribution in [-0.4, -0.2) is 15.3 Å². The fraction of sp³-hybridized carbons (Fsp3) is 0.300. The summed E-state index contributed by atoms with van der Waals surface area (Å²) in [5, 5.41) is 2.91. The van der Waals surface area contributed by atoms with E-state index >= 15 is 0 Å². The van der Waals surface area contributed by atoms with Gasteiger partial charge in [0.15, 0.2) is 11.6 Å². The number of rotatable bonds is 3. The zero-order chi connectivity index (χ0) is 18.3. The molecule has 4 nitrogen and oxygen atoms in total. The maximum atomic E-state index is 14.4. The fourth-order valence-corrected chi connectivity index (χ4v) is 3.55. The number of pyridine rings is 1. The Balaban J connectivity index is 1.85. The number of nitrogens with zero attached hydrogens (tertiary/aromatic N) is 2. The molecule has 0 radical (unpaired) electrons. The lowest BCUT2D eigenvalue weighted by molar-refractivity contribution is -0.119. The molecule has 6 heteroatoms. The van der Waals surface area contributed by atoms with E-state index in [1.165, 1.54) is 12.1 Å². The van der Waals surface area contributed by atoms with Crippen LogP contribution in [-0.2, 0) is 4.79 Å². The molecule has 2 heterocycles. The third-order valence-corrected chi connectivity index (χ3v) is 4.96. The molecule has 0 bridgehead atoms. The molecule has 1 aromatic carbocycles. The number of aryl methyl sites for hydroxylation is 1. The number of aromatic nitrogens is 2. The highest BCUT2D eigenvalue weighted by Gasteiger charge is 2.26. The van der Waals surface area contributed by atoms with Gasteiger partial charge in [0.1, 0.15) is 17.2 Å². The molecule has 1 aliphatic rings. The van der Waals surface area contributed by atoms with Gasteiger partial charge in [-0.1, -0.05) is 18.9 Å². The summed E-state index contributed by atoms with van der Waals surface area (Å²) in [4.78, 5) is 17.1. The molecule has 4 rings (SSSR count). The molecule has 0 spiro atoms. The Morgan fingerprint density at radius 3 is 2.77 bits per heavy atom. The van der Waals surface area contributed by atoms with Gasteiger partial charge in [0, 0.05) is 17.7 Å². The molecular weight excluding hydrogens is 336 g/mol. The van der Waals surface area contributed by atoms with Crippen molar-refractivity contribution in [2.75, 3.05) is 5.32 Å². The summed E-state index contributed by atoms with van der Waals surface area (Å²) in [6, 6.07) is 7.69. The molecule has 1 fully saturated rings. The van der Waals surface area contributed by atoms with Crippen molar-refractivity contribution >= 4 is 17.4 Å². The van der Waals surface area contributed by atoms with Gasteiger partial charge in [-0.05, 0) is 49.6 Å². The summed E-state index contributed by atoms with van der Waals surface area (Å²) >= 11 is 0. The van der Waals surface area contributed by atoms with Crippen molar-refractivity contribution in [1.29, 1.82) is 0 Å². The van der Waals surface area contributed by atoms with Gasteiger partial charge in [0.2, 0.25) is 5.91 Å². The Morgan fingerprint density at radius 1 is 1.23 bits per heavy atom. The lowest BCUT2D eigenvalue weighted by atomic mass is 10.1. The molecule has 134 valence electrons. The number of halogens is 2. The summed E-state index contributed by atoms with van der Waals surface area (Å²) in [6.07, 6.45) is 5.56. The number of fused-ring (bicyclic) bond motifs is 1. The van der Waals surface area contributed by atoms with Crippen LogP contribution in [0.2, 0.25) is 0 Å². The Morgan fingerprint density at radius 2 is 2.00 bits per heavy atom. The van der Waals surface area contributed by atoms with Crippen molar-refractivity contribution in [3.05, 3.63) is 53.7 Å². The van der Waals surface area contributed by atoms with Crippen molar-refractivity contribution in [3.63, 3.8) is 0 Å². The number of hydrogen-bond acceptors (Lipinski definition) is 2. The first-order chi connectivity index (χ1) is 12.5. The van der Waals surface area contributed by atoms with Gasteiger partial charge in [0.25, 0.3) is 0 Å². The second-order valence-corrected chi connectivity index (χ2v) is 6.81. The highest BCUT2D eigenvalue weighted by Crippen LogP contribution is 2.33. The highest BCUT2D eigenvalue weighted by atomic mass is 19.2. The van der Waals surface area contributed by atoms with E-state index in [0.717, 1.165) is 37.3 Å². The molecule has 1 aliphatic carbocycles. The minimum absolute atomic E-state index is 0.0353. The van der Waals surface area contributed by atoms with E-state index < -0.39 is 11.6 Å². The van der Waals surface area contributed by atoms with Crippen LogP contribution in [0, 0.1) is 24.5 Å². The van der Waals surface area contributed by atoms with Crippen molar-refractivity contribution in [2.45, 2.75) is 32.6 Å². The van der Waals surface area contributed by atoms with E-state index in [1.54, 1.807) is 10.6 Å². The molecular formula is C20H19F2N3O. The normalized spacial score (nSPS) is 14.9. The SMILES string of the molecule is Cc1ccn2c(NC(=O)C3CCCC3)c(-c3cccc(F)c3F)nc2c1. The summed E-state index contributed by atoms with van der Waals surface area (Å²) in [6.45, 7) is 1.92. The molecule has 1 saturated carbocycles. The van der Waals surface area contributed by atoms with Crippen molar-refractivity contribution in [2.24, 2.45) is 5.92 Å². The number of carbonyl (C=O) groups excluding carboxylic acids is 1. The van der Waals surface area contributed by atoms with Gasteiger partial charge in [0.05, 0.1) is 0 Å². The second kappa shape index (κ2) is 6.52. The Bertz CT molecular complexity index is 990. The molecule has 0 aliphatic heterocycles.